The van der Waals surface area contributed by atoms with Gasteiger partial charge in [0.2, 0.25) is 0 Å². The molecule has 8 nitrogen and oxygen atoms in total. The van der Waals surface area contributed by atoms with Gasteiger partial charge in [-0.25, -0.2) is 13.8 Å². The summed E-state index contributed by atoms with van der Waals surface area (Å²) in [4.78, 5) is 5.22. The van der Waals surface area contributed by atoms with Gasteiger partial charge < -0.3 is 9.30 Å². The third-order valence-corrected chi connectivity index (χ3v) is 7.35. The quantitative estimate of drug-likeness (QED) is 0.376. The molecule has 0 atom stereocenters. The number of likely N-dealkylation sites (tertiary alicyclic amines) is 1. The zero-order valence-electron chi connectivity index (χ0n) is 20.4. The Hall–Kier alpha value is -3.45. The summed E-state index contributed by atoms with van der Waals surface area (Å²) in [6, 6.07) is 8.44. The monoisotopic (exact) mass is 533 g/mol. The Kier molecular flexibility index (Phi) is 5.76. The summed E-state index contributed by atoms with van der Waals surface area (Å²) < 4.78 is 76.3. The van der Waals surface area contributed by atoms with Gasteiger partial charge in [0.25, 0.3) is 5.92 Å². The average molecular weight is 534 g/mol. The predicted molar refractivity (Wildman–Crippen MR) is 126 cm³/mol. The first-order chi connectivity index (χ1) is 18.0. The number of H-pyrrole nitrogens is 1. The van der Waals surface area contributed by atoms with Gasteiger partial charge in [-0.05, 0) is 17.7 Å². The molecule has 0 unspecified atom stereocenters. The third-order valence-electron chi connectivity index (χ3n) is 7.35. The molecule has 2 aliphatic heterocycles. The number of aromatic amines is 1. The lowest BCUT2D eigenvalue weighted by Crippen LogP contribution is -2.49. The summed E-state index contributed by atoms with van der Waals surface area (Å²) in [5.74, 6) is -2.08. The van der Waals surface area contributed by atoms with Crippen LogP contribution in [0.25, 0.3) is 22.2 Å². The Labute approximate surface area is 213 Å². The van der Waals surface area contributed by atoms with Crippen LogP contribution in [-0.4, -0.2) is 67.1 Å². The summed E-state index contributed by atoms with van der Waals surface area (Å²) in [7, 11) is 1.86. The van der Waals surface area contributed by atoms with Crippen LogP contribution in [0.4, 0.5) is 22.0 Å². The van der Waals surface area contributed by atoms with Gasteiger partial charge in [-0.15, -0.1) is 10.2 Å². The summed E-state index contributed by atoms with van der Waals surface area (Å²) in [5.41, 5.74) is 0.796. The summed E-state index contributed by atoms with van der Waals surface area (Å²) in [6.07, 6.45) is -2.84. The minimum atomic E-state index is -4.71. The van der Waals surface area contributed by atoms with Gasteiger partial charge in [-0.3, -0.25) is 10.00 Å². The maximum Gasteiger partial charge on any atom is 0.433 e. The van der Waals surface area contributed by atoms with Gasteiger partial charge in [-0.1, -0.05) is 18.2 Å². The molecule has 5 heterocycles. The lowest BCUT2D eigenvalue weighted by molar-refractivity contribution is -0.141. The van der Waals surface area contributed by atoms with Crippen molar-refractivity contribution in [1.29, 1.82) is 0 Å². The molecule has 0 aliphatic carbocycles. The number of aryl methyl sites for hydroxylation is 1. The van der Waals surface area contributed by atoms with E-state index in [-0.39, 0.29) is 36.0 Å². The fourth-order valence-corrected chi connectivity index (χ4v) is 5.20. The van der Waals surface area contributed by atoms with Crippen molar-refractivity contribution in [3.8, 4) is 11.3 Å². The standard InChI is InChI=1S/C25H24F5N7O/c1-36-14-31-33-20(36)9-23(12-38-13-23)16-4-2-3-15(7-16)21-17-8-19(25(28,29)30)32-18(22(17)35-34-21)10-37-6-5-24(26,27)11-37/h2-4,7-8,14H,5-6,9-13H2,1H3,(H,34,35). The van der Waals surface area contributed by atoms with E-state index < -0.39 is 24.3 Å². The van der Waals surface area contributed by atoms with E-state index >= 15 is 0 Å². The van der Waals surface area contributed by atoms with E-state index in [1.807, 2.05) is 29.8 Å². The number of fused-ring (bicyclic) bond motifs is 1. The maximum absolute atomic E-state index is 13.8. The number of rotatable bonds is 6. The zero-order chi connectivity index (χ0) is 26.7. The van der Waals surface area contributed by atoms with E-state index in [0.29, 0.717) is 36.4 Å². The van der Waals surface area contributed by atoms with Crippen LogP contribution in [0.1, 0.15) is 29.2 Å². The van der Waals surface area contributed by atoms with Gasteiger partial charge in [0.1, 0.15) is 23.5 Å². The molecule has 200 valence electrons. The van der Waals surface area contributed by atoms with E-state index in [0.717, 1.165) is 17.5 Å². The maximum atomic E-state index is 13.8. The molecular weight excluding hydrogens is 509 g/mol. The van der Waals surface area contributed by atoms with Crippen molar-refractivity contribution < 1.29 is 26.7 Å². The second kappa shape index (κ2) is 8.80. The molecule has 3 aromatic heterocycles. The topological polar surface area (TPSA) is 84.8 Å². The number of benzene rings is 1. The van der Waals surface area contributed by atoms with E-state index in [1.165, 1.54) is 4.90 Å². The number of nitrogens with zero attached hydrogens (tertiary/aromatic N) is 6. The van der Waals surface area contributed by atoms with Crippen LogP contribution in [0.15, 0.2) is 36.7 Å². The number of ether oxygens (including phenoxy) is 1. The first kappa shape index (κ1) is 24.9. The van der Waals surface area contributed by atoms with Crippen LogP contribution in [0, 0.1) is 0 Å². The highest BCUT2D eigenvalue weighted by atomic mass is 19.4. The zero-order valence-corrected chi connectivity index (χ0v) is 20.4. The van der Waals surface area contributed by atoms with Gasteiger partial charge >= 0.3 is 6.18 Å². The van der Waals surface area contributed by atoms with Gasteiger partial charge in [-0.2, -0.15) is 18.3 Å². The molecule has 1 N–H and O–H groups in total. The van der Waals surface area contributed by atoms with Crippen molar-refractivity contribution in [3.63, 3.8) is 0 Å². The molecule has 0 bridgehead atoms. The Morgan fingerprint density at radius 1 is 1.16 bits per heavy atom. The summed E-state index contributed by atoms with van der Waals surface area (Å²) >= 11 is 0. The first-order valence-electron chi connectivity index (χ1n) is 12.1. The Balaban J connectivity index is 1.40. The molecule has 0 spiro atoms. The number of hydrogen-bond donors (Lipinski definition) is 1. The van der Waals surface area contributed by atoms with Crippen molar-refractivity contribution in [2.24, 2.45) is 7.05 Å². The normalized spacial score (nSPS) is 19.2. The molecule has 2 aliphatic rings. The third kappa shape index (κ3) is 4.43. The van der Waals surface area contributed by atoms with Crippen LogP contribution >= 0.6 is 0 Å². The van der Waals surface area contributed by atoms with Crippen molar-refractivity contribution in [3.05, 3.63) is 59.4 Å². The van der Waals surface area contributed by atoms with Crippen molar-refractivity contribution >= 4 is 10.9 Å². The molecule has 2 fully saturated rings. The SMILES string of the molecule is Cn1cnnc1CC1(c2cccc(-c3n[nH]c4c(CN5CCC(F)(F)C5)nc(C(F)(F)F)cc34)c2)COC1. The van der Waals surface area contributed by atoms with Crippen molar-refractivity contribution in [2.45, 2.75) is 36.9 Å². The number of alkyl halides is 5. The number of pyridine rings is 1. The van der Waals surface area contributed by atoms with Gasteiger partial charge in [0.15, 0.2) is 0 Å². The van der Waals surface area contributed by atoms with Gasteiger partial charge in [0.05, 0.1) is 31.0 Å². The highest BCUT2D eigenvalue weighted by molar-refractivity contribution is 5.94. The lowest BCUT2D eigenvalue weighted by atomic mass is 9.75. The largest absolute Gasteiger partial charge is 0.433 e. The fourth-order valence-electron chi connectivity index (χ4n) is 5.20. The minimum absolute atomic E-state index is 0.0357. The smallest absolute Gasteiger partial charge is 0.379 e. The van der Waals surface area contributed by atoms with Crippen LogP contribution in [0.3, 0.4) is 0 Å². The minimum Gasteiger partial charge on any atom is -0.379 e. The lowest BCUT2D eigenvalue weighted by Gasteiger charge is -2.41. The molecule has 13 heteroatoms. The number of nitrogens with one attached hydrogen (secondary N) is 1. The van der Waals surface area contributed by atoms with E-state index in [1.54, 1.807) is 12.4 Å². The van der Waals surface area contributed by atoms with Gasteiger partial charge in [0, 0.05) is 49.3 Å². The second-order valence-electron chi connectivity index (χ2n) is 10.2. The van der Waals surface area contributed by atoms with Crippen LogP contribution in [0.2, 0.25) is 0 Å². The van der Waals surface area contributed by atoms with Crippen molar-refractivity contribution in [1.82, 2.24) is 34.8 Å². The predicted octanol–water partition coefficient (Wildman–Crippen LogP) is 4.12. The molecule has 0 amide bonds. The van der Waals surface area contributed by atoms with Crippen LogP contribution < -0.4 is 0 Å². The summed E-state index contributed by atoms with van der Waals surface area (Å²) in [6.45, 7) is 0.348. The van der Waals surface area contributed by atoms with Crippen molar-refractivity contribution in [2.75, 3.05) is 26.3 Å². The number of hydrogen-bond acceptors (Lipinski definition) is 6. The highest BCUT2D eigenvalue weighted by Gasteiger charge is 2.42. The molecule has 6 rings (SSSR count). The Bertz CT molecular complexity index is 1490. The molecule has 4 aromatic rings. The fraction of sp³-hybridized carbons (Fsp3) is 0.440. The Morgan fingerprint density at radius 3 is 2.61 bits per heavy atom. The molecule has 38 heavy (non-hydrogen) atoms. The Morgan fingerprint density at radius 2 is 1.97 bits per heavy atom. The highest BCUT2D eigenvalue weighted by Crippen LogP contribution is 2.39. The number of aromatic nitrogens is 6. The molecule has 1 aromatic carbocycles. The van der Waals surface area contributed by atoms with E-state index in [2.05, 4.69) is 25.4 Å². The number of halogens is 5. The van der Waals surface area contributed by atoms with E-state index in [9.17, 15) is 22.0 Å². The van der Waals surface area contributed by atoms with E-state index in [4.69, 9.17) is 4.74 Å². The molecule has 0 radical (unpaired) electrons. The van der Waals surface area contributed by atoms with Crippen LogP contribution in [-0.2, 0) is 36.3 Å². The molecule has 0 saturated carbocycles. The van der Waals surface area contributed by atoms with Crippen LogP contribution in [0.5, 0.6) is 0 Å². The first-order valence-corrected chi connectivity index (χ1v) is 12.1. The molecule has 2 saturated heterocycles. The molecular formula is C25H24F5N7O. The average Bonchev–Trinajstić information content (AvgIpc) is 3.54. The summed E-state index contributed by atoms with van der Waals surface area (Å²) in [5, 5.41) is 15.5. The second-order valence-corrected chi connectivity index (χ2v) is 10.2.